The SMILES string of the molecule is CNC(=O)c1ccc(N2CCN(Cc3ccnc(Nc4ncc(C(F)(F)F)c(=O)[nH]4)c3)CC2)c(C)n1. The van der Waals surface area contributed by atoms with Crippen molar-refractivity contribution in [1.82, 2.24) is 30.2 Å². The Morgan fingerprint density at radius 3 is 2.53 bits per heavy atom. The fourth-order valence-corrected chi connectivity index (χ4v) is 3.97. The molecule has 0 aliphatic carbocycles. The normalized spacial score (nSPS) is 14.5. The molecule has 0 aromatic carbocycles. The molecule has 0 spiro atoms. The molecule has 1 aliphatic heterocycles. The smallest absolute Gasteiger partial charge is 0.368 e. The van der Waals surface area contributed by atoms with Gasteiger partial charge in [-0.15, -0.1) is 0 Å². The lowest BCUT2D eigenvalue weighted by Crippen LogP contribution is -2.46. The first-order valence-electron chi connectivity index (χ1n) is 11.2. The van der Waals surface area contributed by atoms with E-state index in [1.54, 1.807) is 25.4 Å². The minimum Gasteiger partial charge on any atom is -0.368 e. The molecule has 0 bridgehead atoms. The number of hydrogen-bond donors (Lipinski definition) is 3. The molecule has 4 heterocycles. The molecule has 36 heavy (non-hydrogen) atoms. The van der Waals surface area contributed by atoms with Crippen LogP contribution in [0.15, 0.2) is 41.5 Å². The van der Waals surface area contributed by atoms with Gasteiger partial charge in [0.1, 0.15) is 17.1 Å². The van der Waals surface area contributed by atoms with Gasteiger partial charge in [-0.3, -0.25) is 19.5 Å². The number of aromatic amines is 1. The Morgan fingerprint density at radius 2 is 1.89 bits per heavy atom. The highest BCUT2D eigenvalue weighted by Gasteiger charge is 2.34. The van der Waals surface area contributed by atoms with Crippen molar-refractivity contribution in [3.05, 3.63) is 69.5 Å². The van der Waals surface area contributed by atoms with Crippen molar-refractivity contribution in [3.8, 4) is 0 Å². The van der Waals surface area contributed by atoms with Crippen LogP contribution in [-0.4, -0.2) is 64.0 Å². The lowest BCUT2D eigenvalue weighted by atomic mass is 10.2. The summed E-state index contributed by atoms with van der Waals surface area (Å²) in [4.78, 5) is 42.3. The Labute approximate surface area is 204 Å². The number of carbonyl (C=O) groups excluding carboxylic acids is 1. The third-order valence-corrected chi connectivity index (χ3v) is 5.81. The molecule has 13 heteroatoms. The summed E-state index contributed by atoms with van der Waals surface area (Å²) in [7, 11) is 1.57. The van der Waals surface area contributed by atoms with Crippen LogP contribution in [0.2, 0.25) is 0 Å². The number of alkyl halides is 3. The van der Waals surface area contributed by atoms with E-state index in [1.807, 2.05) is 19.1 Å². The Hall–Kier alpha value is -4.00. The minimum absolute atomic E-state index is 0.127. The number of anilines is 3. The van der Waals surface area contributed by atoms with Crippen LogP contribution >= 0.6 is 0 Å². The maximum atomic E-state index is 12.8. The molecular weight excluding hydrogens is 477 g/mol. The molecular formula is C23H25F3N8O2. The van der Waals surface area contributed by atoms with E-state index in [0.717, 1.165) is 43.1 Å². The van der Waals surface area contributed by atoms with Gasteiger partial charge in [0.15, 0.2) is 0 Å². The van der Waals surface area contributed by atoms with E-state index in [4.69, 9.17) is 0 Å². The standard InChI is InChI=1S/C23H25F3N8O2/c1-14-18(4-3-17(30-14)21(36)27-2)34-9-7-33(8-10-34)13-15-5-6-28-19(11-15)31-22-29-12-16(20(35)32-22)23(24,25)26/h3-6,11-12H,7-10,13H2,1-2H3,(H,27,36)(H2,28,29,31,32,35). The first-order chi connectivity index (χ1) is 17.1. The fourth-order valence-electron chi connectivity index (χ4n) is 3.97. The van der Waals surface area contributed by atoms with E-state index in [-0.39, 0.29) is 11.9 Å². The summed E-state index contributed by atoms with van der Waals surface area (Å²) in [6, 6.07) is 7.25. The van der Waals surface area contributed by atoms with Crippen molar-refractivity contribution in [2.75, 3.05) is 43.4 Å². The zero-order chi connectivity index (χ0) is 25.9. The summed E-state index contributed by atoms with van der Waals surface area (Å²) >= 11 is 0. The van der Waals surface area contributed by atoms with Crippen LogP contribution in [0.1, 0.15) is 27.3 Å². The zero-order valence-electron chi connectivity index (χ0n) is 19.7. The monoisotopic (exact) mass is 502 g/mol. The number of nitrogens with one attached hydrogen (secondary N) is 3. The maximum absolute atomic E-state index is 12.8. The molecule has 0 saturated carbocycles. The quantitative estimate of drug-likeness (QED) is 0.470. The van der Waals surface area contributed by atoms with Gasteiger partial charge in [0.2, 0.25) is 5.95 Å². The highest BCUT2D eigenvalue weighted by atomic mass is 19.4. The summed E-state index contributed by atoms with van der Waals surface area (Å²) in [5.74, 6) is 0.00534. The largest absolute Gasteiger partial charge is 0.423 e. The van der Waals surface area contributed by atoms with Crippen LogP contribution in [-0.2, 0) is 12.7 Å². The third kappa shape index (κ3) is 5.79. The van der Waals surface area contributed by atoms with E-state index < -0.39 is 17.3 Å². The second-order valence-corrected chi connectivity index (χ2v) is 8.29. The van der Waals surface area contributed by atoms with Gasteiger partial charge in [-0.05, 0) is 36.8 Å². The van der Waals surface area contributed by atoms with E-state index >= 15 is 0 Å². The van der Waals surface area contributed by atoms with Gasteiger partial charge in [0, 0.05) is 52.2 Å². The van der Waals surface area contributed by atoms with Crippen molar-refractivity contribution in [3.63, 3.8) is 0 Å². The van der Waals surface area contributed by atoms with Gasteiger partial charge < -0.3 is 15.5 Å². The minimum atomic E-state index is -4.77. The van der Waals surface area contributed by atoms with Crippen molar-refractivity contribution in [1.29, 1.82) is 0 Å². The number of amides is 1. The number of halogens is 3. The Balaban J connectivity index is 1.36. The summed E-state index contributed by atoms with van der Waals surface area (Å²) in [5.41, 5.74) is 0.489. The second-order valence-electron chi connectivity index (χ2n) is 8.29. The summed E-state index contributed by atoms with van der Waals surface area (Å²) in [5, 5.41) is 5.32. The van der Waals surface area contributed by atoms with Crippen LogP contribution in [0.3, 0.4) is 0 Å². The molecule has 1 aliphatic rings. The Bertz CT molecular complexity index is 1300. The number of hydrogen-bond acceptors (Lipinski definition) is 8. The van der Waals surface area contributed by atoms with Gasteiger partial charge in [-0.2, -0.15) is 13.2 Å². The van der Waals surface area contributed by atoms with Crippen LogP contribution in [0.25, 0.3) is 0 Å². The van der Waals surface area contributed by atoms with Crippen LogP contribution in [0.5, 0.6) is 0 Å². The van der Waals surface area contributed by atoms with Crippen molar-refractivity contribution < 1.29 is 18.0 Å². The molecule has 3 aromatic heterocycles. The van der Waals surface area contributed by atoms with Crippen molar-refractivity contribution >= 4 is 23.4 Å². The fraction of sp³-hybridized carbons (Fsp3) is 0.348. The van der Waals surface area contributed by atoms with E-state index in [0.29, 0.717) is 24.3 Å². The Morgan fingerprint density at radius 1 is 1.14 bits per heavy atom. The number of carbonyl (C=O) groups is 1. The predicted octanol–water partition coefficient (Wildman–Crippen LogP) is 2.31. The number of nitrogens with zero attached hydrogens (tertiary/aromatic N) is 5. The number of rotatable bonds is 6. The number of H-pyrrole nitrogens is 1. The third-order valence-electron chi connectivity index (χ3n) is 5.81. The predicted molar refractivity (Wildman–Crippen MR) is 127 cm³/mol. The number of aryl methyl sites for hydroxylation is 1. The van der Waals surface area contributed by atoms with Crippen molar-refractivity contribution in [2.24, 2.45) is 0 Å². The van der Waals surface area contributed by atoms with Crippen LogP contribution in [0.4, 0.5) is 30.6 Å². The van der Waals surface area contributed by atoms with Gasteiger partial charge in [0.25, 0.3) is 11.5 Å². The molecule has 3 N–H and O–H groups in total. The maximum Gasteiger partial charge on any atom is 0.423 e. The zero-order valence-corrected chi connectivity index (χ0v) is 19.7. The van der Waals surface area contributed by atoms with Gasteiger partial charge >= 0.3 is 6.18 Å². The van der Waals surface area contributed by atoms with Gasteiger partial charge in [-0.1, -0.05) is 0 Å². The molecule has 190 valence electrons. The molecule has 1 amide bonds. The van der Waals surface area contributed by atoms with Crippen LogP contribution < -0.4 is 21.1 Å². The summed E-state index contributed by atoms with van der Waals surface area (Å²) in [6.45, 7) is 5.71. The van der Waals surface area contributed by atoms with Crippen molar-refractivity contribution in [2.45, 2.75) is 19.6 Å². The van der Waals surface area contributed by atoms with E-state index in [1.165, 1.54) is 0 Å². The van der Waals surface area contributed by atoms with Gasteiger partial charge in [-0.25, -0.2) is 15.0 Å². The van der Waals surface area contributed by atoms with E-state index in [2.05, 4.69) is 40.4 Å². The van der Waals surface area contributed by atoms with E-state index in [9.17, 15) is 22.8 Å². The topological polar surface area (TPSA) is 119 Å². The molecule has 3 aromatic rings. The molecule has 10 nitrogen and oxygen atoms in total. The average molecular weight is 503 g/mol. The number of pyridine rings is 2. The molecule has 0 radical (unpaired) electrons. The number of aromatic nitrogens is 4. The van der Waals surface area contributed by atoms with Gasteiger partial charge in [0.05, 0.1) is 11.4 Å². The lowest BCUT2D eigenvalue weighted by Gasteiger charge is -2.36. The Kier molecular flexibility index (Phi) is 7.20. The number of piperazine rings is 1. The average Bonchev–Trinajstić information content (AvgIpc) is 2.83. The molecule has 4 rings (SSSR count). The molecule has 1 saturated heterocycles. The summed E-state index contributed by atoms with van der Waals surface area (Å²) < 4.78 is 38.3. The first kappa shape index (κ1) is 25.1. The summed E-state index contributed by atoms with van der Waals surface area (Å²) in [6.07, 6.45) is -2.70. The molecule has 0 unspecified atom stereocenters. The lowest BCUT2D eigenvalue weighted by molar-refractivity contribution is -0.138. The van der Waals surface area contributed by atoms with Crippen LogP contribution in [0, 0.1) is 6.92 Å². The second kappa shape index (κ2) is 10.3. The highest BCUT2D eigenvalue weighted by molar-refractivity contribution is 5.92. The molecule has 0 atom stereocenters. The highest BCUT2D eigenvalue weighted by Crippen LogP contribution is 2.26. The molecule has 1 fully saturated rings. The first-order valence-corrected chi connectivity index (χ1v) is 11.2.